The number of nitrogens with two attached hydrogens (primary N) is 1. The topological polar surface area (TPSA) is 84.6 Å². The zero-order valence-corrected chi connectivity index (χ0v) is 13.3. The van der Waals surface area contributed by atoms with Gasteiger partial charge in [0, 0.05) is 17.6 Å². The van der Waals surface area contributed by atoms with E-state index in [4.69, 9.17) is 10.5 Å². The van der Waals surface area contributed by atoms with Crippen LogP contribution >= 0.6 is 0 Å². The second-order valence-corrected chi connectivity index (χ2v) is 6.31. The molecule has 0 heterocycles. The molecule has 1 saturated carbocycles. The zero-order chi connectivity index (χ0) is 16.2. The number of benzene rings is 1. The highest BCUT2D eigenvalue weighted by Crippen LogP contribution is 2.32. The van der Waals surface area contributed by atoms with Crippen LogP contribution in [0.3, 0.4) is 0 Å². The molecule has 4 N–H and O–H groups in total. The summed E-state index contributed by atoms with van der Waals surface area (Å²) < 4.78 is 5.23. The molecule has 5 nitrogen and oxygen atoms in total. The van der Waals surface area contributed by atoms with E-state index in [9.17, 15) is 9.90 Å². The molecule has 3 unspecified atom stereocenters. The van der Waals surface area contributed by atoms with Gasteiger partial charge in [0.15, 0.2) is 0 Å². The van der Waals surface area contributed by atoms with Crippen molar-refractivity contribution in [2.24, 2.45) is 11.7 Å². The van der Waals surface area contributed by atoms with Gasteiger partial charge in [-0.05, 0) is 25.8 Å². The van der Waals surface area contributed by atoms with Crippen molar-refractivity contribution in [1.29, 1.82) is 0 Å². The molecule has 1 aromatic rings. The number of aliphatic hydroxyl groups excluding tert-OH is 1. The van der Waals surface area contributed by atoms with E-state index < -0.39 is 11.6 Å². The van der Waals surface area contributed by atoms with Gasteiger partial charge < -0.3 is 20.9 Å². The van der Waals surface area contributed by atoms with Gasteiger partial charge in [-0.25, -0.2) is 0 Å². The molecule has 0 radical (unpaired) electrons. The van der Waals surface area contributed by atoms with E-state index in [1.54, 1.807) is 19.2 Å². The third kappa shape index (κ3) is 3.78. The Hall–Kier alpha value is -1.59. The molecule has 0 aliphatic heterocycles. The minimum atomic E-state index is -0.798. The van der Waals surface area contributed by atoms with Crippen molar-refractivity contribution in [3.63, 3.8) is 0 Å². The molecule has 0 spiro atoms. The molecule has 122 valence electrons. The van der Waals surface area contributed by atoms with Gasteiger partial charge >= 0.3 is 0 Å². The van der Waals surface area contributed by atoms with Gasteiger partial charge in [-0.2, -0.15) is 0 Å². The number of carbonyl (C=O) groups excluding carboxylic acids is 1. The van der Waals surface area contributed by atoms with Crippen LogP contribution in [-0.4, -0.2) is 30.2 Å². The Labute approximate surface area is 131 Å². The molecule has 1 aliphatic carbocycles. The van der Waals surface area contributed by atoms with Crippen LogP contribution in [0.15, 0.2) is 24.3 Å². The molecule has 0 saturated heterocycles. The minimum Gasteiger partial charge on any atom is -0.496 e. The van der Waals surface area contributed by atoms with E-state index in [1.807, 2.05) is 19.1 Å². The van der Waals surface area contributed by atoms with Crippen molar-refractivity contribution in [2.45, 2.75) is 44.2 Å². The molecule has 3 atom stereocenters. The van der Waals surface area contributed by atoms with Gasteiger partial charge in [0.1, 0.15) is 5.75 Å². The first-order valence-corrected chi connectivity index (χ1v) is 7.83. The summed E-state index contributed by atoms with van der Waals surface area (Å²) in [5.41, 5.74) is 6.45. The quantitative estimate of drug-likeness (QED) is 0.774. The largest absolute Gasteiger partial charge is 0.496 e. The monoisotopic (exact) mass is 306 g/mol. The molecular formula is C17H26N2O3. The van der Waals surface area contributed by atoms with Gasteiger partial charge in [0.2, 0.25) is 5.91 Å². The van der Waals surface area contributed by atoms with Crippen molar-refractivity contribution in [3.05, 3.63) is 29.8 Å². The molecular weight excluding hydrogens is 280 g/mol. The highest BCUT2D eigenvalue weighted by Gasteiger charge is 2.37. The fraction of sp³-hybridized carbons (Fsp3) is 0.588. The summed E-state index contributed by atoms with van der Waals surface area (Å²) in [6, 6.07) is 7.26. The normalized spacial score (nSPS) is 26.3. The average molecular weight is 306 g/mol. The van der Waals surface area contributed by atoms with Crippen LogP contribution in [0.1, 0.15) is 44.3 Å². The first-order chi connectivity index (χ1) is 10.5. The highest BCUT2D eigenvalue weighted by atomic mass is 16.5. The smallest absolute Gasteiger partial charge is 0.225 e. The third-order valence-electron chi connectivity index (χ3n) is 4.54. The van der Waals surface area contributed by atoms with Crippen molar-refractivity contribution in [1.82, 2.24) is 5.32 Å². The Morgan fingerprint density at radius 3 is 2.91 bits per heavy atom. The molecule has 1 fully saturated rings. The number of rotatable bonds is 5. The molecule has 22 heavy (non-hydrogen) atoms. The second kappa shape index (κ2) is 7.11. The van der Waals surface area contributed by atoms with E-state index in [0.717, 1.165) is 25.7 Å². The van der Waals surface area contributed by atoms with Crippen LogP contribution in [0.2, 0.25) is 0 Å². The standard InChI is InChI=1S/C17H26N2O3/c1-17(18)10-6-5-8-13(17)16(21)19-11-14(20)12-7-3-4-9-15(12)22-2/h3-4,7,9,13-14,20H,5-6,8,10-11,18H2,1-2H3,(H,19,21). The maximum Gasteiger partial charge on any atom is 0.225 e. The second-order valence-electron chi connectivity index (χ2n) is 6.31. The summed E-state index contributed by atoms with van der Waals surface area (Å²) in [6.45, 7) is 2.10. The van der Waals surface area contributed by atoms with E-state index >= 15 is 0 Å². The molecule has 1 aliphatic rings. The summed E-state index contributed by atoms with van der Waals surface area (Å²) in [5, 5.41) is 13.1. The Morgan fingerprint density at radius 1 is 1.50 bits per heavy atom. The fourth-order valence-corrected chi connectivity index (χ4v) is 3.16. The summed E-state index contributed by atoms with van der Waals surface area (Å²) in [6.07, 6.45) is 2.97. The summed E-state index contributed by atoms with van der Waals surface area (Å²) in [4.78, 5) is 12.4. The Balaban J connectivity index is 1.95. The van der Waals surface area contributed by atoms with Crippen LogP contribution < -0.4 is 15.8 Å². The van der Waals surface area contributed by atoms with E-state index in [-0.39, 0.29) is 18.4 Å². The van der Waals surface area contributed by atoms with Crippen LogP contribution in [0.5, 0.6) is 5.75 Å². The predicted molar refractivity (Wildman–Crippen MR) is 85.5 cm³/mol. The summed E-state index contributed by atoms with van der Waals surface area (Å²) in [5.74, 6) is 0.357. The first kappa shape index (κ1) is 16.8. The number of hydrogen-bond acceptors (Lipinski definition) is 4. The maximum absolute atomic E-state index is 12.4. The van der Waals surface area contributed by atoms with Crippen molar-refractivity contribution in [3.8, 4) is 5.75 Å². The van der Waals surface area contributed by atoms with Gasteiger partial charge in [-0.15, -0.1) is 0 Å². The number of aliphatic hydroxyl groups is 1. The number of para-hydroxylation sites is 1. The Bertz CT molecular complexity index is 516. The molecule has 0 bridgehead atoms. The third-order valence-corrected chi connectivity index (χ3v) is 4.54. The predicted octanol–water partition coefficient (Wildman–Crippen LogP) is 1.75. The summed E-state index contributed by atoms with van der Waals surface area (Å²) in [7, 11) is 1.56. The SMILES string of the molecule is COc1ccccc1C(O)CNC(=O)C1CCCCC1(C)N. The highest BCUT2D eigenvalue weighted by molar-refractivity contribution is 5.80. The Morgan fingerprint density at radius 2 is 2.23 bits per heavy atom. The van der Waals surface area contributed by atoms with Crippen LogP contribution in [0, 0.1) is 5.92 Å². The van der Waals surface area contributed by atoms with E-state index in [0.29, 0.717) is 11.3 Å². The molecule has 1 amide bonds. The Kier molecular flexibility index (Phi) is 5.42. The van der Waals surface area contributed by atoms with Crippen molar-refractivity contribution < 1.29 is 14.6 Å². The lowest BCUT2D eigenvalue weighted by Crippen LogP contribution is -2.53. The number of nitrogens with one attached hydrogen (secondary N) is 1. The van der Waals surface area contributed by atoms with Gasteiger partial charge in [0.25, 0.3) is 0 Å². The van der Waals surface area contributed by atoms with Gasteiger partial charge in [-0.1, -0.05) is 31.0 Å². The molecule has 0 aromatic heterocycles. The van der Waals surface area contributed by atoms with Gasteiger partial charge in [-0.3, -0.25) is 4.79 Å². The maximum atomic E-state index is 12.4. The molecule has 2 rings (SSSR count). The van der Waals surface area contributed by atoms with Crippen LogP contribution in [0.25, 0.3) is 0 Å². The number of ether oxygens (including phenoxy) is 1. The lowest BCUT2D eigenvalue weighted by atomic mass is 9.74. The zero-order valence-electron chi connectivity index (χ0n) is 13.3. The van der Waals surface area contributed by atoms with Crippen molar-refractivity contribution in [2.75, 3.05) is 13.7 Å². The first-order valence-electron chi connectivity index (χ1n) is 7.83. The number of amides is 1. The molecule has 1 aromatic carbocycles. The lowest BCUT2D eigenvalue weighted by Gasteiger charge is -2.37. The molecule has 5 heteroatoms. The van der Waals surface area contributed by atoms with E-state index in [2.05, 4.69) is 5.32 Å². The van der Waals surface area contributed by atoms with Gasteiger partial charge in [0.05, 0.1) is 19.1 Å². The fourth-order valence-electron chi connectivity index (χ4n) is 3.16. The summed E-state index contributed by atoms with van der Waals surface area (Å²) >= 11 is 0. The van der Waals surface area contributed by atoms with E-state index in [1.165, 1.54) is 0 Å². The number of carbonyl (C=O) groups is 1. The average Bonchev–Trinajstić information content (AvgIpc) is 2.51. The van der Waals surface area contributed by atoms with Crippen LogP contribution in [-0.2, 0) is 4.79 Å². The lowest BCUT2D eigenvalue weighted by molar-refractivity contribution is -0.128. The minimum absolute atomic E-state index is 0.0707. The van der Waals surface area contributed by atoms with Crippen molar-refractivity contribution >= 4 is 5.91 Å². The van der Waals surface area contributed by atoms with Crippen LogP contribution in [0.4, 0.5) is 0 Å². The number of hydrogen-bond donors (Lipinski definition) is 3. The number of methoxy groups -OCH3 is 1.